The summed E-state index contributed by atoms with van der Waals surface area (Å²) >= 11 is 0. The molecule has 2 aromatic carbocycles. The van der Waals surface area contributed by atoms with Crippen LogP contribution in [0.1, 0.15) is 21.5 Å². The van der Waals surface area contributed by atoms with Gasteiger partial charge in [-0.15, -0.1) is 0 Å². The first-order valence-corrected chi connectivity index (χ1v) is 7.54. The highest BCUT2D eigenvalue weighted by atomic mass is 19.4. The molecular formula is C19H13F3N2O3. The number of esters is 1. The summed E-state index contributed by atoms with van der Waals surface area (Å²) < 4.78 is 42.9. The number of hydrogen-bond acceptors (Lipinski definition) is 4. The summed E-state index contributed by atoms with van der Waals surface area (Å²) in [5.74, 6) is -1.56. The number of amides is 1. The van der Waals surface area contributed by atoms with Gasteiger partial charge in [0, 0.05) is 5.69 Å². The van der Waals surface area contributed by atoms with E-state index in [-0.39, 0.29) is 22.4 Å². The first-order valence-electron chi connectivity index (χ1n) is 7.54. The number of nitrogens with one attached hydrogen (secondary N) is 1. The number of methoxy groups -OCH3 is 1. The van der Waals surface area contributed by atoms with Crippen LogP contribution in [0.25, 0.3) is 6.08 Å². The summed E-state index contributed by atoms with van der Waals surface area (Å²) in [7, 11) is 1.19. The topological polar surface area (TPSA) is 79.2 Å². The number of halogens is 3. The lowest BCUT2D eigenvalue weighted by molar-refractivity contribution is -0.137. The van der Waals surface area contributed by atoms with Gasteiger partial charge in [0.25, 0.3) is 5.91 Å². The van der Waals surface area contributed by atoms with Crippen molar-refractivity contribution in [3.05, 3.63) is 70.8 Å². The number of alkyl halides is 3. The van der Waals surface area contributed by atoms with Gasteiger partial charge < -0.3 is 10.1 Å². The van der Waals surface area contributed by atoms with Gasteiger partial charge in [-0.1, -0.05) is 24.3 Å². The number of ether oxygens (including phenoxy) is 1. The number of hydrogen-bond donors (Lipinski definition) is 1. The molecule has 0 saturated carbocycles. The van der Waals surface area contributed by atoms with Crippen LogP contribution in [0.4, 0.5) is 18.9 Å². The number of nitriles is 1. The van der Waals surface area contributed by atoms with Crippen LogP contribution < -0.4 is 5.32 Å². The molecule has 0 heterocycles. The molecule has 0 fully saturated rings. The monoisotopic (exact) mass is 374 g/mol. The summed E-state index contributed by atoms with van der Waals surface area (Å²) in [6, 6.07) is 11.8. The molecule has 8 heteroatoms. The molecule has 27 heavy (non-hydrogen) atoms. The van der Waals surface area contributed by atoms with Crippen molar-refractivity contribution in [3.63, 3.8) is 0 Å². The van der Waals surface area contributed by atoms with Gasteiger partial charge >= 0.3 is 12.1 Å². The van der Waals surface area contributed by atoms with Crippen molar-refractivity contribution in [3.8, 4) is 6.07 Å². The van der Waals surface area contributed by atoms with Crippen molar-refractivity contribution in [2.45, 2.75) is 6.18 Å². The Labute approximate surface area is 152 Å². The van der Waals surface area contributed by atoms with Crippen LogP contribution in [0.5, 0.6) is 0 Å². The molecule has 0 radical (unpaired) electrons. The second-order valence-corrected chi connectivity index (χ2v) is 5.28. The average molecular weight is 374 g/mol. The van der Waals surface area contributed by atoms with E-state index in [9.17, 15) is 28.0 Å². The molecule has 0 bridgehead atoms. The fraction of sp³-hybridized carbons (Fsp3) is 0.105. The molecule has 5 nitrogen and oxygen atoms in total. The lowest BCUT2D eigenvalue weighted by Gasteiger charge is -2.10. The first kappa shape index (κ1) is 19.7. The number of carbonyl (C=O) groups excluding carboxylic acids is 2. The molecule has 138 valence electrons. The minimum atomic E-state index is -4.56. The van der Waals surface area contributed by atoms with Gasteiger partial charge in [-0.2, -0.15) is 18.4 Å². The Morgan fingerprint density at radius 3 is 2.48 bits per heavy atom. The third-order valence-electron chi connectivity index (χ3n) is 3.48. The summed E-state index contributed by atoms with van der Waals surface area (Å²) in [6.45, 7) is 0. The maximum Gasteiger partial charge on any atom is 0.416 e. The van der Waals surface area contributed by atoms with E-state index in [0.29, 0.717) is 0 Å². The zero-order valence-corrected chi connectivity index (χ0v) is 14.0. The van der Waals surface area contributed by atoms with E-state index in [1.54, 1.807) is 18.2 Å². The van der Waals surface area contributed by atoms with Crippen molar-refractivity contribution >= 4 is 23.6 Å². The zero-order chi connectivity index (χ0) is 20.0. The van der Waals surface area contributed by atoms with Crippen molar-refractivity contribution in [1.82, 2.24) is 0 Å². The Morgan fingerprint density at radius 2 is 1.85 bits per heavy atom. The van der Waals surface area contributed by atoms with Gasteiger partial charge in [0.15, 0.2) is 0 Å². The maximum atomic E-state index is 12.8. The first-order chi connectivity index (χ1) is 12.8. The van der Waals surface area contributed by atoms with Crippen LogP contribution in [-0.4, -0.2) is 19.0 Å². The highest BCUT2D eigenvalue weighted by molar-refractivity contribution is 6.10. The predicted molar refractivity (Wildman–Crippen MR) is 91.4 cm³/mol. The lowest BCUT2D eigenvalue weighted by atomic mass is 10.0. The maximum absolute atomic E-state index is 12.8. The summed E-state index contributed by atoms with van der Waals surface area (Å²) in [6.07, 6.45) is -3.40. The van der Waals surface area contributed by atoms with Crippen LogP contribution in [0.15, 0.2) is 54.1 Å². The van der Waals surface area contributed by atoms with Crippen LogP contribution in [0.3, 0.4) is 0 Å². The number of anilines is 1. The van der Waals surface area contributed by atoms with Crippen molar-refractivity contribution in [1.29, 1.82) is 5.26 Å². The van der Waals surface area contributed by atoms with Gasteiger partial charge in [0.2, 0.25) is 0 Å². The third-order valence-corrected chi connectivity index (χ3v) is 3.48. The molecule has 0 saturated heterocycles. The van der Waals surface area contributed by atoms with Crippen molar-refractivity contribution in [2.24, 2.45) is 0 Å². The Balaban J connectivity index is 2.32. The van der Waals surface area contributed by atoms with Gasteiger partial charge in [-0.25, -0.2) is 4.79 Å². The standard InChI is InChI=1S/C19H13F3N2O3/c1-27-18(26)16-8-3-2-5-12(16)9-13(11-23)17(25)24-15-7-4-6-14(10-15)19(20,21)22/h2-10H,1H3,(H,24,25)/b13-9+. The van der Waals surface area contributed by atoms with Gasteiger partial charge in [-0.05, 0) is 35.9 Å². The Hall–Kier alpha value is -3.60. The highest BCUT2D eigenvalue weighted by Gasteiger charge is 2.30. The molecule has 0 aromatic heterocycles. The highest BCUT2D eigenvalue weighted by Crippen LogP contribution is 2.30. The Bertz CT molecular complexity index is 944. The summed E-state index contributed by atoms with van der Waals surface area (Å²) in [5.41, 5.74) is -1.03. The molecule has 0 aliphatic rings. The largest absolute Gasteiger partial charge is 0.465 e. The molecule has 2 rings (SSSR count). The zero-order valence-electron chi connectivity index (χ0n) is 14.0. The number of nitrogens with zero attached hydrogens (tertiary/aromatic N) is 1. The fourth-order valence-corrected chi connectivity index (χ4v) is 2.19. The number of benzene rings is 2. The van der Waals surface area contributed by atoms with E-state index in [2.05, 4.69) is 10.1 Å². The van der Waals surface area contributed by atoms with Crippen molar-refractivity contribution < 1.29 is 27.5 Å². The van der Waals surface area contributed by atoms with E-state index in [4.69, 9.17) is 0 Å². The van der Waals surface area contributed by atoms with Crippen LogP contribution in [-0.2, 0) is 15.7 Å². The van der Waals surface area contributed by atoms with Crippen LogP contribution >= 0.6 is 0 Å². The molecule has 2 aromatic rings. The normalized spacial score (nSPS) is 11.4. The Morgan fingerprint density at radius 1 is 1.15 bits per heavy atom. The van der Waals surface area contributed by atoms with Gasteiger partial charge in [0.1, 0.15) is 11.6 Å². The fourth-order valence-electron chi connectivity index (χ4n) is 2.19. The second-order valence-electron chi connectivity index (χ2n) is 5.28. The minimum absolute atomic E-state index is 0.114. The smallest absolute Gasteiger partial charge is 0.416 e. The SMILES string of the molecule is COC(=O)c1ccccc1/C=C(\C#N)C(=O)Nc1cccc(C(F)(F)F)c1. The van der Waals surface area contributed by atoms with E-state index < -0.39 is 23.6 Å². The average Bonchev–Trinajstić information content (AvgIpc) is 2.65. The van der Waals surface area contributed by atoms with E-state index in [1.165, 1.54) is 25.3 Å². The summed E-state index contributed by atoms with van der Waals surface area (Å²) in [4.78, 5) is 24.0. The molecule has 0 spiro atoms. The van der Waals surface area contributed by atoms with Gasteiger partial charge in [-0.3, -0.25) is 4.79 Å². The summed E-state index contributed by atoms with van der Waals surface area (Å²) in [5, 5.41) is 11.5. The molecular weight excluding hydrogens is 361 g/mol. The van der Waals surface area contributed by atoms with Crippen molar-refractivity contribution in [2.75, 3.05) is 12.4 Å². The predicted octanol–water partition coefficient (Wildman–Crippen LogP) is 4.04. The molecule has 0 aliphatic heterocycles. The quantitative estimate of drug-likeness (QED) is 0.498. The molecule has 0 aliphatic carbocycles. The number of rotatable bonds is 4. The van der Waals surface area contributed by atoms with Crippen LogP contribution in [0, 0.1) is 11.3 Å². The number of carbonyl (C=O) groups is 2. The molecule has 1 N–H and O–H groups in total. The third kappa shape index (κ3) is 4.95. The molecule has 0 unspecified atom stereocenters. The van der Waals surface area contributed by atoms with E-state index in [1.807, 2.05) is 0 Å². The van der Waals surface area contributed by atoms with E-state index in [0.717, 1.165) is 24.3 Å². The van der Waals surface area contributed by atoms with Gasteiger partial charge in [0.05, 0.1) is 18.2 Å². The minimum Gasteiger partial charge on any atom is -0.465 e. The lowest BCUT2D eigenvalue weighted by Crippen LogP contribution is -2.15. The van der Waals surface area contributed by atoms with Crippen LogP contribution in [0.2, 0.25) is 0 Å². The Kier molecular flexibility index (Phi) is 5.98. The molecule has 0 atom stereocenters. The molecule has 1 amide bonds. The second kappa shape index (κ2) is 8.19. The van der Waals surface area contributed by atoms with E-state index >= 15 is 0 Å².